The molecule has 0 bridgehead atoms. The topological polar surface area (TPSA) is 42.7 Å². The Morgan fingerprint density at radius 1 is 1.05 bits per heavy atom. The Balaban J connectivity index is 1.78. The molecule has 0 spiro atoms. The molecule has 2 aliphatic rings. The fourth-order valence-electron chi connectivity index (χ4n) is 3.14. The van der Waals surface area contributed by atoms with E-state index in [1.54, 1.807) is 0 Å². The first kappa shape index (κ1) is 11.0. The van der Waals surface area contributed by atoms with Crippen LogP contribution in [0.5, 0.6) is 0 Å². The van der Waals surface area contributed by atoms with E-state index in [1.807, 2.05) is 0 Å². The average molecular weight is 254 g/mol. The molecule has 98 valence electrons. The van der Waals surface area contributed by atoms with Gasteiger partial charge in [0.2, 0.25) is 0 Å². The molecule has 0 radical (unpaired) electrons. The SMILES string of the molecule is c1cc2c(cc1-c1nnc3n1CCCC3)CCCN2. The second kappa shape index (κ2) is 4.37. The molecular weight excluding hydrogens is 236 g/mol. The van der Waals surface area contributed by atoms with E-state index in [2.05, 4.69) is 38.3 Å². The van der Waals surface area contributed by atoms with Crippen molar-refractivity contribution in [2.75, 3.05) is 11.9 Å². The Hall–Kier alpha value is -1.84. The summed E-state index contributed by atoms with van der Waals surface area (Å²) in [6.07, 6.45) is 5.93. The molecule has 4 nitrogen and oxygen atoms in total. The first-order valence-electron chi connectivity index (χ1n) is 7.21. The fraction of sp³-hybridized carbons (Fsp3) is 0.467. The van der Waals surface area contributed by atoms with Crippen LogP contribution in [0, 0.1) is 0 Å². The van der Waals surface area contributed by atoms with Gasteiger partial charge in [0.25, 0.3) is 0 Å². The lowest BCUT2D eigenvalue weighted by atomic mass is 10.0. The van der Waals surface area contributed by atoms with Gasteiger partial charge in [0, 0.05) is 30.8 Å². The van der Waals surface area contributed by atoms with E-state index < -0.39 is 0 Å². The second-order valence-corrected chi connectivity index (χ2v) is 5.45. The smallest absolute Gasteiger partial charge is 0.163 e. The van der Waals surface area contributed by atoms with Crippen LogP contribution in [0.1, 0.15) is 30.7 Å². The van der Waals surface area contributed by atoms with Crippen molar-refractivity contribution in [3.05, 3.63) is 29.6 Å². The number of hydrogen-bond acceptors (Lipinski definition) is 3. The number of nitrogens with zero attached hydrogens (tertiary/aromatic N) is 3. The zero-order chi connectivity index (χ0) is 12.7. The zero-order valence-corrected chi connectivity index (χ0v) is 11.0. The van der Waals surface area contributed by atoms with Gasteiger partial charge in [0.1, 0.15) is 5.82 Å². The predicted molar refractivity (Wildman–Crippen MR) is 75.2 cm³/mol. The summed E-state index contributed by atoms with van der Waals surface area (Å²) in [5.41, 5.74) is 3.91. The standard InChI is InChI=1S/C15H18N4/c1-2-9-19-14(5-1)17-18-15(19)12-6-7-13-11(10-12)4-3-8-16-13/h6-7,10,16H,1-5,8-9H2. The molecule has 3 heterocycles. The van der Waals surface area contributed by atoms with Gasteiger partial charge in [-0.15, -0.1) is 10.2 Å². The largest absolute Gasteiger partial charge is 0.385 e. The summed E-state index contributed by atoms with van der Waals surface area (Å²) >= 11 is 0. The van der Waals surface area contributed by atoms with Crippen molar-refractivity contribution in [2.24, 2.45) is 0 Å². The summed E-state index contributed by atoms with van der Waals surface area (Å²) in [5.74, 6) is 2.19. The Kier molecular flexibility index (Phi) is 2.53. The highest BCUT2D eigenvalue weighted by Crippen LogP contribution is 2.29. The molecule has 0 amide bonds. The number of hydrogen-bond donors (Lipinski definition) is 1. The molecule has 4 heteroatoms. The highest BCUT2D eigenvalue weighted by molar-refractivity contribution is 5.65. The Bertz CT molecular complexity index is 615. The predicted octanol–water partition coefficient (Wildman–Crippen LogP) is 2.64. The Morgan fingerprint density at radius 2 is 2.05 bits per heavy atom. The number of aryl methyl sites for hydroxylation is 2. The number of anilines is 1. The van der Waals surface area contributed by atoms with Gasteiger partial charge in [-0.05, 0) is 49.4 Å². The third-order valence-electron chi connectivity index (χ3n) is 4.16. The van der Waals surface area contributed by atoms with Gasteiger partial charge in [-0.2, -0.15) is 0 Å². The van der Waals surface area contributed by atoms with Gasteiger partial charge >= 0.3 is 0 Å². The van der Waals surface area contributed by atoms with Crippen LogP contribution in [-0.2, 0) is 19.4 Å². The molecule has 1 N–H and O–H groups in total. The molecule has 0 atom stereocenters. The fourth-order valence-corrected chi connectivity index (χ4v) is 3.14. The van der Waals surface area contributed by atoms with Crippen LogP contribution in [0.2, 0.25) is 0 Å². The second-order valence-electron chi connectivity index (χ2n) is 5.45. The van der Waals surface area contributed by atoms with Gasteiger partial charge in [-0.1, -0.05) is 0 Å². The Morgan fingerprint density at radius 3 is 3.05 bits per heavy atom. The minimum atomic E-state index is 1.04. The van der Waals surface area contributed by atoms with E-state index in [9.17, 15) is 0 Å². The molecule has 1 aromatic carbocycles. The maximum Gasteiger partial charge on any atom is 0.163 e. The summed E-state index contributed by atoms with van der Waals surface area (Å²) in [7, 11) is 0. The van der Waals surface area contributed by atoms with Gasteiger partial charge in [0.05, 0.1) is 0 Å². The van der Waals surface area contributed by atoms with E-state index in [1.165, 1.54) is 36.1 Å². The van der Waals surface area contributed by atoms with Crippen LogP contribution in [0.15, 0.2) is 18.2 Å². The first-order valence-corrected chi connectivity index (χ1v) is 7.21. The summed E-state index contributed by atoms with van der Waals surface area (Å²) in [6, 6.07) is 6.64. The van der Waals surface area contributed by atoms with Crippen molar-refractivity contribution < 1.29 is 0 Å². The summed E-state index contributed by atoms with van der Waals surface area (Å²) in [4.78, 5) is 0. The minimum Gasteiger partial charge on any atom is -0.385 e. The number of aromatic nitrogens is 3. The number of rotatable bonds is 1. The molecule has 0 unspecified atom stereocenters. The van der Waals surface area contributed by atoms with Crippen LogP contribution in [0.25, 0.3) is 11.4 Å². The maximum absolute atomic E-state index is 4.41. The van der Waals surface area contributed by atoms with Gasteiger partial charge < -0.3 is 9.88 Å². The van der Waals surface area contributed by atoms with Crippen LogP contribution in [0.4, 0.5) is 5.69 Å². The average Bonchev–Trinajstić information content (AvgIpc) is 2.91. The normalized spacial score (nSPS) is 17.5. The lowest BCUT2D eigenvalue weighted by Gasteiger charge is -2.19. The molecule has 4 rings (SSSR count). The molecule has 0 saturated carbocycles. The number of nitrogens with one attached hydrogen (secondary N) is 1. The van der Waals surface area contributed by atoms with Crippen molar-refractivity contribution in [1.29, 1.82) is 0 Å². The van der Waals surface area contributed by atoms with Crippen LogP contribution >= 0.6 is 0 Å². The van der Waals surface area contributed by atoms with Gasteiger partial charge in [0.15, 0.2) is 5.82 Å². The highest BCUT2D eigenvalue weighted by Gasteiger charge is 2.18. The monoisotopic (exact) mass is 254 g/mol. The highest BCUT2D eigenvalue weighted by atomic mass is 15.3. The van der Waals surface area contributed by atoms with Crippen molar-refractivity contribution in [1.82, 2.24) is 14.8 Å². The summed E-state index contributed by atoms with van der Waals surface area (Å²) in [5, 5.41) is 12.2. The summed E-state index contributed by atoms with van der Waals surface area (Å²) in [6.45, 7) is 2.15. The van der Waals surface area contributed by atoms with E-state index in [0.29, 0.717) is 0 Å². The number of benzene rings is 1. The van der Waals surface area contributed by atoms with Crippen molar-refractivity contribution in [3.8, 4) is 11.4 Å². The van der Waals surface area contributed by atoms with Gasteiger partial charge in [-0.3, -0.25) is 0 Å². The molecule has 0 aliphatic carbocycles. The molecule has 19 heavy (non-hydrogen) atoms. The Labute approximate surface area is 112 Å². The molecule has 2 aliphatic heterocycles. The van der Waals surface area contributed by atoms with E-state index in [-0.39, 0.29) is 0 Å². The van der Waals surface area contributed by atoms with Crippen LogP contribution in [-0.4, -0.2) is 21.3 Å². The number of fused-ring (bicyclic) bond motifs is 2. The minimum absolute atomic E-state index is 1.04. The van der Waals surface area contributed by atoms with Crippen molar-refractivity contribution >= 4 is 5.69 Å². The van der Waals surface area contributed by atoms with E-state index in [0.717, 1.165) is 37.6 Å². The lowest BCUT2D eigenvalue weighted by molar-refractivity contribution is 0.526. The maximum atomic E-state index is 4.41. The molecule has 2 aromatic rings. The van der Waals surface area contributed by atoms with Crippen LogP contribution in [0.3, 0.4) is 0 Å². The van der Waals surface area contributed by atoms with E-state index >= 15 is 0 Å². The molecule has 1 aromatic heterocycles. The van der Waals surface area contributed by atoms with Crippen molar-refractivity contribution in [2.45, 2.75) is 38.6 Å². The quantitative estimate of drug-likeness (QED) is 0.850. The van der Waals surface area contributed by atoms with Crippen molar-refractivity contribution in [3.63, 3.8) is 0 Å². The van der Waals surface area contributed by atoms with E-state index in [4.69, 9.17) is 0 Å². The zero-order valence-electron chi connectivity index (χ0n) is 11.0. The summed E-state index contributed by atoms with van der Waals surface area (Å²) < 4.78 is 2.29. The third-order valence-corrected chi connectivity index (χ3v) is 4.16. The molecule has 0 fully saturated rings. The van der Waals surface area contributed by atoms with Crippen LogP contribution < -0.4 is 5.32 Å². The molecular formula is C15H18N4. The lowest BCUT2D eigenvalue weighted by Crippen LogP contribution is -2.13. The van der Waals surface area contributed by atoms with Gasteiger partial charge in [-0.25, -0.2) is 0 Å². The first-order chi connectivity index (χ1) is 9.42. The molecule has 0 saturated heterocycles. The third kappa shape index (κ3) is 1.82.